The van der Waals surface area contributed by atoms with E-state index in [1.807, 2.05) is 71.9 Å². The lowest BCUT2D eigenvalue weighted by Crippen LogP contribution is -2.51. The van der Waals surface area contributed by atoms with Gasteiger partial charge in [-0.3, -0.25) is 4.90 Å². The van der Waals surface area contributed by atoms with E-state index in [4.69, 9.17) is 18.9 Å². The topological polar surface area (TPSA) is 130 Å². The van der Waals surface area contributed by atoms with E-state index >= 15 is 0 Å². The molecule has 0 aliphatic carbocycles. The number of carbonyl (C=O) groups excluding carboxylic acids is 4. The zero-order valence-corrected chi connectivity index (χ0v) is 32.0. The van der Waals surface area contributed by atoms with Gasteiger partial charge in [0.15, 0.2) is 0 Å². The lowest BCUT2D eigenvalue weighted by Gasteiger charge is -2.35. The second kappa shape index (κ2) is 20.2. The molecule has 1 aliphatic heterocycles. The number of hydrogen-bond acceptors (Lipinski definition) is 9. The Morgan fingerprint density at radius 2 is 0.980 bits per heavy atom. The van der Waals surface area contributed by atoms with Crippen LogP contribution in [0.1, 0.15) is 93.6 Å². The minimum Gasteiger partial charge on any atom is -0.445 e. The van der Waals surface area contributed by atoms with E-state index in [0.29, 0.717) is 32.7 Å². The summed E-state index contributed by atoms with van der Waals surface area (Å²) >= 11 is 0. The minimum absolute atomic E-state index is 0.212. The zero-order chi connectivity index (χ0) is 37.4. The van der Waals surface area contributed by atoms with E-state index in [0.717, 1.165) is 37.8 Å². The van der Waals surface area contributed by atoms with Crippen LogP contribution in [0.5, 0.6) is 0 Å². The van der Waals surface area contributed by atoms with Gasteiger partial charge in [0.05, 0.1) is 0 Å². The molecule has 13 nitrogen and oxygen atoms in total. The van der Waals surface area contributed by atoms with E-state index < -0.39 is 41.2 Å². The standard InChI is InChI=1S/C37H63N5O8/c1-35(2,3)48-32(44)40-23-21-39(20-16-11-10-15-19-38-31(43)47-29-30-17-13-12-14-18-30)22-24-41(33(45)49-36(4,5)6)26-28-42(27-25-40)34(46)50-37(7,8)9/h12-14,17-18H,10-11,15-16,19-29H2,1-9H3,(H,38,43). The van der Waals surface area contributed by atoms with Gasteiger partial charge in [-0.25, -0.2) is 19.2 Å². The molecule has 4 amide bonds. The van der Waals surface area contributed by atoms with Crippen molar-refractivity contribution in [2.75, 3.05) is 65.4 Å². The van der Waals surface area contributed by atoms with Gasteiger partial charge in [0.1, 0.15) is 23.4 Å². The molecule has 1 aromatic rings. The number of nitrogens with one attached hydrogen (secondary N) is 1. The predicted molar refractivity (Wildman–Crippen MR) is 193 cm³/mol. The molecule has 13 heteroatoms. The van der Waals surface area contributed by atoms with Crippen molar-refractivity contribution < 1.29 is 38.1 Å². The van der Waals surface area contributed by atoms with Gasteiger partial charge in [0, 0.05) is 58.9 Å². The molecule has 50 heavy (non-hydrogen) atoms. The normalized spacial score (nSPS) is 15.7. The van der Waals surface area contributed by atoms with Gasteiger partial charge in [0.25, 0.3) is 0 Å². The molecule has 0 atom stereocenters. The quantitative estimate of drug-likeness (QED) is 0.226. The highest BCUT2D eigenvalue weighted by Crippen LogP contribution is 2.15. The largest absolute Gasteiger partial charge is 0.445 e. The van der Waals surface area contributed by atoms with Crippen molar-refractivity contribution >= 4 is 24.4 Å². The van der Waals surface area contributed by atoms with Crippen LogP contribution in [-0.4, -0.2) is 126 Å². The van der Waals surface area contributed by atoms with Crippen LogP contribution >= 0.6 is 0 Å². The Kier molecular flexibility index (Phi) is 17.1. The molecule has 0 unspecified atom stereocenters. The summed E-state index contributed by atoms with van der Waals surface area (Å²) in [7, 11) is 0. The summed E-state index contributed by atoms with van der Waals surface area (Å²) in [5.74, 6) is 0. The lowest BCUT2D eigenvalue weighted by atomic mass is 10.2. The molecule has 1 aromatic carbocycles. The predicted octanol–water partition coefficient (Wildman–Crippen LogP) is 6.50. The van der Waals surface area contributed by atoms with Crippen molar-refractivity contribution in [2.24, 2.45) is 0 Å². The van der Waals surface area contributed by atoms with Crippen LogP contribution in [0.3, 0.4) is 0 Å². The van der Waals surface area contributed by atoms with Crippen LogP contribution in [0.25, 0.3) is 0 Å². The van der Waals surface area contributed by atoms with E-state index in [1.54, 1.807) is 30.6 Å². The van der Waals surface area contributed by atoms with E-state index in [1.165, 1.54) is 4.90 Å². The van der Waals surface area contributed by atoms with Crippen LogP contribution < -0.4 is 5.32 Å². The number of unbranched alkanes of at least 4 members (excludes halogenated alkanes) is 3. The van der Waals surface area contributed by atoms with Crippen LogP contribution in [0.4, 0.5) is 19.2 Å². The average molecular weight is 706 g/mol. The number of ether oxygens (including phenoxy) is 4. The smallest absolute Gasteiger partial charge is 0.410 e. The van der Waals surface area contributed by atoms with Crippen molar-refractivity contribution in [3.8, 4) is 0 Å². The third-order valence-electron chi connectivity index (χ3n) is 7.49. The maximum atomic E-state index is 13.3. The van der Waals surface area contributed by atoms with Crippen molar-refractivity contribution in [3.63, 3.8) is 0 Å². The molecule has 0 saturated carbocycles. The highest BCUT2D eigenvalue weighted by Gasteiger charge is 2.29. The first kappa shape index (κ1) is 42.4. The molecule has 1 aliphatic rings. The van der Waals surface area contributed by atoms with Crippen LogP contribution in [-0.2, 0) is 25.6 Å². The van der Waals surface area contributed by atoms with E-state index in [-0.39, 0.29) is 32.8 Å². The molecule has 0 spiro atoms. The van der Waals surface area contributed by atoms with E-state index in [2.05, 4.69) is 10.2 Å². The van der Waals surface area contributed by atoms with Crippen LogP contribution in [0, 0.1) is 0 Å². The first-order chi connectivity index (χ1) is 23.3. The summed E-state index contributed by atoms with van der Waals surface area (Å²) in [5, 5.41) is 2.81. The Hall–Kier alpha value is -3.74. The van der Waals surface area contributed by atoms with Gasteiger partial charge < -0.3 is 39.0 Å². The summed E-state index contributed by atoms with van der Waals surface area (Å²) in [5.41, 5.74) is -1.11. The first-order valence-electron chi connectivity index (χ1n) is 17.9. The summed E-state index contributed by atoms with van der Waals surface area (Å²) in [6.45, 7) is 20.7. The molecule has 2 rings (SSSR count). The number of benzene rings is 1. The van der Waals surface area contributed by atoms with Gasteiger partial charge in [-0.2, -0.15) is 0 Å². The molecule has 0 bridgehead atoms. The molecule has 284 valence electrons. The number of rotatable bonds is 9. The zero-order valence-electron chi connectivity index (χ0n) is 32.0. The fraction of sp³-hybridized carbons (Fsp3) is 0.730. The maximum absolute atomic E-state index is 13.3. The number of hydrogen-bond donors (Lipinski definition) is 1. The highest BCUT2D eigenvalue weighted by molar-refractivity contribution is 5.70. The average Bonchev–Trinajstić information content (AvgIpc) is 2.98. The monoisotopic (exact) mass is 705 g/mol. The molecule has 0 radical (unpaired) electrons. The van der Waals surface area contributed by atoms with Crippen molar-refractivity contribution in [2.45, 2.75) is 111 Å². The second-order valence-electron chi connectivity index (χ2n) is 15.6. The van der Waals surface area contributed by atoms with Crippen molar-refractivity contribution in [1.82, 2.24) is 24.9 Å². The Labute approximate surface area is 299 Å². The molecular weight excluding hydrogens is 642 g/mol. The van der Waals surface area contributed by atoms with Gasteiger partial charge in [0.2, 0.25) is 0 Å². The molecule has 1 fully saturated rings. The Balaban J connectivity index is 2.04. The third kappa shape index (κ3) is 18.9. The number of nitrogens with zero attached hydrogens (tertiary/aromatic N) is 4. The summed E-state index contributed by atoms with van der Waals surface area (Å²) < 4.78 is 22.4. The minimum atomic E-state index is -0.706. The summed E-state index contributed by atoms with van der Waals surface area (Å²) in [4.78, 5) is 58.9. The Bertz CT molecular complexity index is 1150. The summed E-state index contributed by atoms with van der Waals surface area (Å²) in [6.07, 6.45) is 1.80. The fourth-order valence-electron chi connectivity index (χ4n) is 4.98. The molecule has 1 heterocycles. The third-order valence-corrected chi connectivity index (χ3v) is 7.49. The first-order valence-corrected chi connectivity index (χ1v) is 17.9. The second-order valence-corrected chi connectivity index (χ2v) is 15.6. The molecule has 1 saturated heterocycles. The van der Waals surface area contributed by atoms with Gasteiger partial charge >= 0.3 is 24.4 Å². The van der Waals surface area contributed by atoms with Crippen molar-refractivity contribution in [3.05, 3.63) is 35.9 Å². The SMILES string of the molecule is CC(C)(C)OC(=O)N1CCN(CCCCCCNC(=O)OCc2ccccc2)CCN(C(=O)OC(C)(C)C)CCN(C(=O)OC(C)(C)C)CC1. The van der Waals surface area contributed by atoms with Gasteiger partial charge in [-0.15, -0.1) is 0 Å². The van der Waals surface area contributed by atoms with Crippen LogP contribution in [0.15, 0.2) is 30.3 Å². The number of amides is 4. The number of carbonyl (C=O) groups is 4. The maximum Gasteiger partial charge on any atom is 0.410 e. The Morgan fingerprint density at radius 1 is 0.580 bits per heavy atom. The van der Waals surface area contributed by atoms with Gasteiger partial charge in [-0.05, 0) is 87.3 Å². The highest BCUT2D eigenvalue weighted by atomic mass is 16.6. The fourth-order valence-corrected chi connectivity index (χ4v) is 4.98. The lowest BCUT2D eigenvalue weighted by molar-refractivity contribution is 0.00468. The molecule has 0 aromatic heterocycles. The Morgan fingerprint density at radius 3 is 1.40 bits per heavy atom. The van der Waals surface area contributed by atoms with Crippen molar-refractivity contribution in [1.29, 1.82) is 0 Å². The molecular formula is C37H63N5O8. The molecule has 1 N–H and O–H groups in total. The number of alkyl carbamates (subject to hydrolysis) is 1. The van der Waals surface area contributed by atoms with Gasteiger partial charge in [-0.1, -0.05) is 43.2 Å². The summed E-state index contributed by atoms with van der Waals surface area (Å²) in [6, 6.07) is 9.56. The van der Waals surface area contributed by atoms with E-state index in [9.17, 15) is 19.2 Å². The van der Waals surface area contributed by atoms with Crippen LogP contribution in [0.2, 0.25) is 0 Å².